The Hall–Kier alpha value is -1.74. The van der Waals surface area contributed by atoms with Crippen LogP contribution in [0.15, 0.2) is 36.7 Å². The zero-order valence-electron chi connectivity index (χ0n) is 13.4. The van der Waals surface area contributed by atoms with E-state index in [1.54, 1.807) is 6.20 Å². The molecule has 0 N–H and O–H groups in total. The molecule has 0 amide bonds. The first-order valence-electron chi connectivity index (χ1n) is 7.71. The molecule has 1 aromatic carbocycles. The Morgan fingerprint density at radius 3 is 2.43 bits per heavy atom. The van der Waals surface area contributed by atoms with E-state index in [-0.39, 0.29) is 5.78 Å². The second-order valence-electron chi connectivity index (χ2n) is 5.54. The summed E-state index contributed by atoms with van der Waals surface area (Å²) in [6.07, 6.45) is 4.31. The van der Waals surface area contributed by atoms with Gasteiger partial charge in [-0.15, -0.1) is 0 Å². The summed E-state index contributed by atoms with van der Waals surface area (Å²) in [5.41, 5.74) is 0.249. The van der Waals surface area contributed by atoms with Crippen LogP contribution in [0.25, 0.3) is 10.8 Å². The van der Waals surface area contributed by atoms with Gasteiger partial charge in [-0.25, -0.2) is 0 Å². The molecule has 112 valence electrons. The van der Waals surface area contributed by atoms with Crippen molar-refractivity contribution in [2.24, 2.45) is 0 Å². The molecule has 0 bridgehead atoms. The van der Waals surface area contributed by atoms with Crippen molar-refractivity contribution in [3.05, 3.63) is 42.2 Å². The van der Waals surface area contributed by atoms with Gasteiger partial charge in [-0.1, -0.05) is 45.0 Å². The van der Waals surface area contributed by atoms with Crippen LogP contribution in [0.4, 0.5) is 0 Å². The summed E-state index contributed by atoms with van der Waals surface area (Å²) in [6, 6.07) is 7.95. The van der Waals surface area contributed by atoms with Gasteiger partial charge in [0.1, 0.15) is 0 Å². The molecule has 21 heavy (non-hydrogen) atoms. The lowest BCUT2D eigenvalue weighted by molar-refractivity contribution is 0.0609. The summed E-state index contributed by atoms with van der Waals surface area (Å²) in [6.45, 7) is 10.1. The van der Waals surface area contributed by atoms with Gasteiger partial charge >= 0.3 is 0 Å². The highest BCUT2D eigenvalue weighted by Crippen LogP contribution is 2.28. The van der Waals surface area contributed by atoms with E-state index in [9.17, 15) is 4.79 Å². The van der Waals surface area contributed by atoms with Crippen molar-refractivity contribution in [3.8, 4) is 0 Å². The Bertz CT molecular complexity index is 629. The molecular formula is C18H24N2O. The molecule has 3 heteroatoms. The number of ketones is 1. The Morgan fingerprint density at radius 2 is 1.81 bits per heavy atom. The minimum Gasteiger partial charge on any atom is -0.292 e. The van der Waals surface area contributed by atoms with Gasteiger partial charge in [0.2, 0.25) is 0 Å². The van der Waals surface area contributed by atoms with Crippen LogP contribution >= 0.6 is 0 Å². The number of hydrogen-bond donors (Lipinski definition) is 0. The molecule has 2 rings (SSSR count). The number of pyridine rings is 1. The average molecular weight is 284 g/mol. The lowest BCUT2D eigenvalue weighted by Crippen LogP contribution is -2.52. The lowest BCUT2D eigenvalue weighted by Gasteiger charge is -2.38. The maximum atomic E-state index is 13.2. The Balaban J connectivity index is 2.55. The molecule has 0 aliphatic carbocycles. The monoisotopic (exact) mass is 284 g/mol. The third-order valence-corrected chi connectivity index (χ3v) is 4.55. The van der Waals surface area contributed by atoms with Gasteiger partial charge in [0.05, 0.1) is 5.54 Å². The Labute approximate surface area is 127 Å². The zero-order valence-corrected chi connectivity index (χ0v) is 13.4. The third-order valence-electron chi connectivity index (χ3n) is 4.55. The number of carbonyl (C=O) groups is 1. The van der Waals surface area contributed by atoms with Crippen LogP contribution in [0.1, 0.15) is 44.5 Å². The number of Topliss-reactive ketones (excluding diaryl/α,β-unsaturated/α-hetero) is 1. The fraction of sp³-hybridized carbons (Fsp3) is 0.444. The second-order valence-corrected chi connectivity index (χ2v) is 5.54. The number of nitrogens with zero attached hydrogens (tertiary/aromatic N) is 2. The number of rotatable bonds is 6. The molecular weight excluding hydrogens is 260 g/mol. The third kappa shape index (κ3) is 2.70. The van der Waals surface area contributed by atoms with E-state index in [1.807, 2.05) is 37.4 Å². The van der Waals surface area contributed by atoms with Gasteiger partial charge in [-0.05, 0) is 31.8 Å². The molecule has 2 aromatic rings. The predicted molar refractivity (Wildman–Crippen MR) is 87.7 cm³/mol. The summed E-state index contributed by atoms with van der Waals surface area (Å²) in [5.74, 6) is 0.165. The highest BCUT2D eigenvalue weighted by molar-refractivity contribution is 6.11. The van der Waals surface area contributed by atoms with E-state index < -0.39 is 5.54 Å². The van der Waals surface area contributed by atoms with E-state index in [0.717, 1.165) is 35.8 Å². The van der Waals surface area contributed by atoms with E-state index in [0.29, 0.717) is 0 Å². The lowest BCUT2D eigenvalue weighted by atomic mass is 9.85. The highest BCUT2D eigenvalue weighted by Gasteiger charge is 2.37. The van der Waals surface area contributed by atoms with E-state index in [4.69, 9.17) is 0 Å². The van der Waals surface area contributed by atoms with Crippen LogP contribution in [-0.4, -0.2) is 34.3 Å². The number of aromatic nitrogens is 1. The topological polar surface area (TPSA) is 33.2 Å². The molecule has 0 aliphatic rings. The van der Waals surface area contributed by atoms with Crippen molar-refractivity contribution >= 4 is 16.6 Å². The number of fused-ring (bicyclic) bond motifs is 1. The first-order chi connectivity index (χ1) is 10.1. The maximum Gasteiger partial charge on any atom is 0.184 e. The molecule has 0 saturated heterocycles. The van der Waals surface area contributed by atoms with Gasteiger partial charge in [0.15, 0.2) is 5.78 Å². The van der Waals surface area contributed by atoms with E-state index in [2.05, 4.69) is 30.7 Å². The number of hydrogen-bond acceptors (Lipinski definition) is 3. The van der Waals surface area contributed by atoms with Gasteiger partial charge in [-0.2, -0.15) is 0 Å². The normalized spacial score (nSPS) is 14.3. The minimum atomic E-state index is -0.477. The largest absolute Gasteiger partial charge is 0.292 e. The predicted octanol–water partition coefficient (Wildman–Crippen LogP) is 3.93. The van der Waals surface area contributed by atoms with Crippen molar-refractivity contribution in [1.82, 2.24) is 9.88 Å². The number of carbonyl (C=O) groups excluding carboxylic acids is 1. The summed E-state index contributed by atoms with van der Waals surface area (Å²) in [4.78, 5) is 19.7. The van der Waals surface area contributed by atoms with Crippen LogP contribution in [0, 0.1) is 0 Å². The fourth-order valence-electron chi connectivity index (χ4n) is 3.04. The molecule has 0 spiro atoms. The Morgan fingerprint density at radius 1 is 1.14 bits per heavy atom. The fourth-order valence-corrected chi connectivity index (χ4v) is 3.04. The molecule has 3 nitrogen and oxygen atoms in total. The van der Waals surface area contributed by atoms with Gasteiger partial charge in [0.25, 0.3) is 0 Å². The van der Waals surface area contributed by atoms with Crippen LogP contribution < -0.4 is 0 Å². The van der Waals surface area contributed by atoms with Crippen LogP contribution in [-0.2, 0) is 0 Å². The Kier molecular flexibility index (Phi) is 4.73. The van der Waals surface area contributed by atoms with Crippen molar-refractivity contribution in [2.75, 3.05) is 13.1 Å². The molecule has 1 atom stereocenters. The van der Waals surface area contributed by atoms with E-state index >= 15 is 0 Å². The molecule has 1 unspecified atom stereocenters. The molecule has 1 aromatic heterocycles. The van der Waals surface area contributed by atoms with E-state index in [1.165, 1.54) is 0 Å². The molecule has 1 heterocycles. The SMILES string of the molecule is CCN(CC)C(C)(CC)C(=O)c1cncc2ccccc12. The van der Waals surface area contributed by atoms with Crippen LogP contribution in [0.3, 0.4) is 0 Å². The van der Waals surface area contributed by atoms with Crippen LogP contribution in [0.5, 0.6) is 0 Å². The highest BCUT2D eigenvalue weighted by atomic mass is 16.1. The molecule has 0 saturated carbocycles. The number of benzene rings is 1. The molecule has 0 aliphatic heterocycles. The molecule has 0 fully saturated rings. The summed E-state index contributed by atoms with van der Waals surface area (Å²) >= 11 is 0. The zero-order chi connectivity index (χ0) is 15.5. The first-order valence-corrected chi connectivity index (χ1v) is 7.71. The van der Waals surface area contributed by atoms with Crippen molar-refractivity contribution < 1.29 is 4.79 Å². The maximum absolute atomic E-state index is 13.2. The van der Waals surface area contributed by atoms with Crippen molar-refractivity contribution in [1.29, 1.82) is 0 Å². The quantitative estimate of drug-likeness (QED) is 0.754. The average Bonchev–Trinajstić information content (AvgIpc) is 2.54. The minimum absolute atomic E-state index is 0.165. The standard InChI is InChI=1S/C18H24N2O/c1-5-18(4,20(6-2)7-3)17(21)16-13-19-12-14-10-8-9-11-15(14)16/h8-13H,5-7H2,1-4H3. The van der Waals surface area contributed by atoms with Crippen LogP contribution in [0.2, 0.25) is 0 Å². The molecule has 0 radical (unpaired) electrons. The summed E-state index contributed by atoms with van der Waals surface area (Å²) in [5, 5.41) is 2.01. The van der Waals surface area contributed by atoms with Crippen molar-refractivity contribution in [3.63, 3.8) is 0 Å². The summed E-state index contributed by atoms with van der Waals surface area (Å²) < 4.78 is 0. The van der Waals surface area contributed by atoms with Gasteiger partial charge < -0.3 is 0 Å². The van der Waals surface area contributed by atoms with Crippen molar-refractivity contribution in [2.45, 2.75) is 39.7 Å². The first kappa shape index (κ1) is 15.6. The second kappa shape index (κ2) is 6.35. The number of likely N-dealkylation sites (N-methyl/N-ethyl adjacent to an activating group) is 1. The smallest absolute Gasteiger partial charge is 0.184 e. The van der Waals surface area contributed by atoms with Gasteiger partial charge in [0, 0.05) is 23.3 Å². The summed E-state index contributed by atoms with van der Waals surface area (Å²) in [7, 11) is 0. The van der Waals surface area contributed by atoms with Gasteiger partial charge in [-0.3, -0.25) is 14.7 Å².